The molecule has 0 atom stereocenters. The van der Waals surface area contributed by atoms with Gasteiger partial charge in [-0.25, -0.2) is 0 Å². The molecule has 0 fully saturated rings. The first-order chi connectivity index (χ1) is 12.2. The molecule has 1 amide bonds. The third-order valence-electron chi connectivity index (χ3n) is 4.58. The van der Waals surface area contributed by atoms with E-state index in [1.54, 1.807) is 0 Å². The summed E-state index contributed by atoms with van der Waals surface area (Å²) in [5.41, 5.74) is 4.65. The SMILES string of the molecule is CC(=O)Nc1ccc(CCn2c3ccccc3c3ccccc32)cc1. The maximum Gasteiger partial charge on any atom is 0.221 e. The summed E-state index contributed by atoms with van der Waals surface area (Å²) < 4.78 is 2.40. The van der Waals surface area contributed by atoms with Gasteiger partial charge in [0.05, 0.1) is 0 Å². The van der Waals surface area contributed by atoms with Crippen LogP contribution in [0.5, 0.6) is 0 Å². The maximum absolute atomic E-state index is 11.1. The quantitative estimate of drug-likeness (QED) is 0.562. The number of hydrogen-bond acceptors (Lipinski definition) is 1. The van der Waals surface area contributed by atoms with E-state index < -0.39 is 0 Å². The molecule has 1 N–H and O–H groups in total. The third-order valence-corrected chi connectivity index (χ3v) is 4.58. The van der Waals surface area contributed by atoms with Crippen molar-refractivity contribution in [1.29, 1.82) is 0 Å². The molecule has 0 radical (unpaired) electrons. The molecular weight excluding hydrogens is 308 g/mol. The molecule has 0 aliphatic heterocycles. The van der Waals surface area contributed by atoms with E-state index in [1.165, 1.54) is 34.3 Å². The molecule has 0 unspecified atom stereocenters. The Hall–Kier alpha value is -3.07. The van der Waals surface area contributed by atoms with E-state index in [0.29, 0.717) is 0 Å². The summed E-state index contributed by atoms with van der Waals surface area (Å²) in [5.74, 6) is -0.0435. The van der Waals surface area contributed by atoms with Crippen LogP contribution in [0.4, 0.5) is 5.69 Å². The monoisotopic (exact) mass is 328 g/mol. The number of nitrogens with zero attached hydrogens (tertiary/aromatic N) is 1. The van der Waals surface area contributed by atoms with Gasteiger partial charge < -0.3 is 9.88 Å². The molecule has 25 heavy (non-hydrogen) atoms. The van der Waals surface area contributed by atoms with Crippen LogP contribution < -0.4 is 5.32 Å². The van der Waals surface area contributed by atoms with E-state index in [4.69, 9.17) is 0 Å². The average Bonchev–Trinajstić information content (AvgIpc) is 2.95. The lowest BCUT2D eigenvalue weighted by Crippen LogP contribution is -2.06. The van der Waals surface area contributed by atoms with E-state index in [2.05, 4.69) is 70.5 Å². The van der Waals surface area contributed by atoms with Crippen molar-refractivity contribution in [1.82, 2.24) is 4.57 Å². The highest BCUT2D eigenvalue weighted by Gasteiger charge is 2.09. The van der Waals surface area contributed by atoms with Crippen LogP contribution in [0.1, 0.15) is 12.5 Å². The van der Waals surface area contributed by atoms with Gasteiger partial charge in [-0.15, -0.1) is 0 Å². The molecule has 0 saturated carbocycles. The van der Waals surface area contributed by atoms with E-state index in [-0.39, 0.29) is 5.91 Å². The normalized spacial score (nSPS) is 11.1. The minimum absolute atomic E-state index is 0.0435. The minimum Gasteiger partial charge on any atom is -0.340 e. The van der Waals surface area contributed by atoms with Crippen LogP contribution in [0.3, 0.4) is 0 Å². The number of fused-ring (bicyclic) bond motifs is 3. The Bertz CT molecular complexity index is 991. The Labute approximate surface area is 146 Å². The highest BCUT2D eigenvalue weighted by Crippen LogP contribution is 2.28. The number of rotatable bonds is 4. The van der Waals surface area contributed by atoms with Crippen molar-refractivity contribution in [2.24, 2.45) is 0 Å². The fraction of sp³-hybridized carbons (Fsp3) is 0.136. The van der Waals surface area contributed by atoms with Crippen molar-refractivity contribution in [2.75, 3.05) is 5.32 Å². The molecule has 124 valence electrons. The second-order valence-corrected chi connectivity index (χ2v) is 6.31. The molecule has 0 saturated heterocycles. The number of hydrogen-bond donors (Lipinski definition) is 1. The number of aromatic nitrogens is 1. The number of nitrogens with one attached hydrogen (secondary N) is 1. The number of para-hydroxylation sites is 2. The van der Waals surface area contributed by atoms with Crippen LogP contribution in [0.2, 0.25) is 0 Å². The minimum atomic E-state index is -0.0435. The van der Waals surface area contributed by atoms with Crippen LogP contribution in [-0.2, 0) is 17.8 Å². The highest BCUT2D eigenvalue weighted by atomic mass is 16.1. The predicted octanol–water partition coefficient (Wildman–Crippen LogP) is 5.00. The smallest absolute Gasteiger partial charge is 0.221 e. The summed E-state index contributed by atoms with van der Waals surface area (Å²) in [6.07, 6.45) is 0.947. The van der Waals surface area contributed by atoms with Gasteiger partial charge >= 0.3 is 0 Å². The largest absolute Gasteiger partial charge is 0.340 e. The van der Waals surface area contributed by atoms with Gasteiger partial charge in [0.1, 0.15) is 0 Å². The average molecular weight is 328 g/mol. The standard InChI is InChI=1S/C22H20N2O/c1-16(25)23-18-12-10-17(11-13-18)14-15-24-21-8-4-2-6-19(21)20-7-3-5-9-22(20)24/h2-13H,14-15H2,1H3,(H,23,25). The number of aryl methyl sites for hydroxylation is 2. The Morgan fingerprint density at radius 1 is 0.840 bits per heavy atom. The summed E-state index contributed by atoms with van der Waals surface area (Å²) in [7, 11) is 0. The summed E-state index contributed by atoms with van der Waals surface area (Å²) in [6.45, 7) is 2.45. The summed E-state index contributed by atoms with van der Waals surface area (Å²) >= 11 is 0. The molecule has 4 aromatic rings. The first-order valence-corrected chi connectivity index (χ1v) is 8.55. The summed E-state index contributed by atoms with van der Waals surface area (Å²) in [4.78, 5) is 11.1. The molecule has 4 rings (SSSR count). The number of carbonyl (C=O) groups is 1. The topological polar surface area (TPSA) is 34.0 Å². The van der Waals surface area contributed by atoms with Crippen molar-refractivity contribution in [3.8, 4) is 0 Å². The zero-order valence-electron chi connectivity index (χ0n) is 14.2. The zero-order valence-corrected chi connectivity index (χ0v) is 14.2. The van der Waals surface area contributed by atoms with Crippen LogP contribution in [0, 0.1) is 0 Å². The Balaban J connectivity index is 1.63. The molecule has 1 heterocycles. The Kier molecular flexibility index (Phi) is 3.98. The van der Waals surface area contributed by atoms with Gasteiger partial charge in [0.2, 0.25) is 5.91 Å². The lowest BCUT2D eigenvalue weighted by molar-refractivity contribution is -0.114. The number of amides is 1. The molecule has 3 aromatic carbocycles. The fourth-order valence-corrected chi connectivity index (χ4v) is 3.44. The molecule has 3 nitrogen and oxygen atoms in total. The summed E-state index contributed by atoms with van der Waals surface area (Å²) in [6, 6.07) is 25.2. The van der Waals surface area contributed by atoms with Gasteiger partial charge in [-0.05, 0) is 36.2 Å². The van der Waals surface area contributed by atoms with Crippen LogP contribution in [0.25, 0.3) is 21.8 Å². The Morgan fingerprint density at radius 3 is 1.96 bits per heavy atom. The van der Waals surface area contributed by atoms with E-state index >= 15 is 0 Å². The lowest BCUT2D eigenvalue weighted by atomic mass is 10.1. The van der Waals surface area contributed by atoms with E-state index in [0.717, 1.165) is 18.7 Å². The molecule has 0 bridgehead atoms. The number of anilines is 1. The van der Waals surface area contributed by atoms with Crippen molar-refractivity contribution < 1.29 is 4.79 Å². The van der Waals surface area contributed by atoms with Crippen molar-refractivity contribution >= 4 is 33.4 Å². The van der Waals surface area contributed by atoms with Crippen LogP contribution >= 0.6 is 0 Å². The van der Waals surface area contributed by atoms with Crippen molar-refractivity contribution in [3.05, 3.63) is 78.4 Å². The van der Waals surface area contributed by atoms with Gasteiger partial charge in [-0.2, -0.15) is 0 Å². The van der Waals surface area contributed by atoms with Gasteiger partial charge in [0, 0.05) is 41.0 Å². The third kappa shape index (κ3) is 3.01. The van der Waals surface area contributed by atoms with Gasteiger partial charge in [0.25, 0.3) is 0 Å². The first kappa shape index (κ1) is 15.5. The second kappa shape index (κ2) is 6.44. The maximum atomic E-state index is 11.1. The zero-order chi connectivity index (χ0) is 17.2. The van der Waals surface area contributed by atoms with E-state index in [1.807, 2.05) is 12.1 Å². The molecule has 1 aromatic heterocycles. The number of carbonyl (C=O) groups excluding carboxylic acids is 1. The van der Waals surface area contributed by atoms with Crippen LogP contribution in [0.15, 0.2) is 72.8 Å². The highest BCUT2D eigenvalue weighted by molar-refractivity contribution is 6.07. The Morgan fingerprint density at radius 2 is 1.40 bits per heavy atom. The first-order valence-electron chi connectivity index (χ1n) is 8.55. The molecule has 0 spiro atoms. The van der Waals surface area contributed by atoms with Crippen molar-refractivity contribution in [2.45, 2.75) is 19.9 Å². The van der Waals surface area contributed by atoms with Crippen LogP contribution in [-0.4, -0.2) is 10.5 Å². The van der Waals surface area contributed by atoms with Crippen molar-refractivity contribution in [3.63, 3.8) is 0 Å². The molecule has 3 heteroatoms. The molecule has 0 aliphatic carbocycles. The van der Waals surface area contributed by atoms with E-state index in [9.17, 15) is 4.79 Å². The predicted molar refractivity (Wildman–Crippen MR) is 104 cm³/mol. The molecular formula is C22H20N2O. The number of benzene rings is 3. The van der Waals surface area contributed by atoms with Gasteiger partial charge in [-0.1, -0.05) is 48.5 Å². The van der Waals surface area contributed by atoms with Gasteiger partial charge in [0.15, 0.2) is 0 Å². The molecule has 0 aliphatic rings. The second-order valence-electron chi connectivity index (χ2n) is 6.31. The van der Waals surface area contributed by atoms with Gasteiger partial charge in [-0.3, -0.25) is 4.79 Å². The summed E-state index contributed by atoms with van der Waals surface area (Å²) in [5, 5.41) is 5.42. The lowest BCUT2D eigenvalue weighted by Gasteiger charge is -2.09. The fourth-order valence-electron chi connectivity index (χ4n) is 3.44.